The largest absolute Gasteiger partial charge is 0.374 e. The molecule has 0 saturated heterocycles. The third-order valence-electron chi connectivity index (χ3n) is 2.05. The van der Waals surface area contributed by atoms with Crippen molar-refractivity contribution in [3.8, 4) is 6.07 Å². The van der Waals surface area contributed by atoms with Gasteiger partial charge in [0.15, 0.2) is 6.10 Å². The van der Waals surface area contributed by atoms with E-state index in [1.54, 1.807) is 18.3 Å². The fourth-order valence-electron chi connectivity index (χ4n) is 1.42. The smallest absolute Gasteiger partial charge is 0.166 e. The summed E-state index contributed by atoms with van der Waals surface area (Å²) in [7, 11) is 0. The molecule has 0 amide bonds. The predicted octanol–water partition coefficient (Wildman–Crippen LogP) is 1.72. The van der Waals surface area contributed by atoms with Gasteiger partial charge < -0.3 is 10.1 Å². The quantitative estimate of drug-likeness (QED) is 0.643. The molecule has 0 fully saturated rings. The Balaban J connectivity index is 2.69. The molecular weight excluding hydrogens is 164 g/mol. The van der Waals surface area contributed by atoms with Crippen LogP contribution in [0.3, 0.4) is 0 Å². The zero-order chi connectivity index (χ0) is 9.26. The van der Waals surface area contributed by atoms with Crippen LogP contribution in [-0.4, -0.2) is 10.1 Å². The van der Waals surface area contributed by atoms with Crippen LogP contribution in [0.5, 0.6) is 0 Å². The fraction of sp³-hybridized carbons (Fsp3) is 0.100. The van der Waals surface area contributed by atoms with Crippen LogP contribution in [0.1, 0.15) is 11.7 Å². The molecule has 1 aromatic carbocycles. The van der Waals surface area contributed by atoms with Gasteiger partial charge >= 0.3 is 0 Å². The van der Waals surface area contributed by atoms with Crippen LogP contribution in [0.15, 0.2) is 30.5 Å². The molecule has 0 aliphatic carbocycles. The van der Waals surface area contributed by atoms with Gasteiger partial charge in [0.2, 0.25) is 0 Å². The number of H-pyrrole nitrogens is 1. The molecule has 3 nitrogen and oxygen atoms in total. The first-order chi connectivity index (χ1) is 6.33. The lowest BCUT2D eigenvalue weighted by molar-refractivity contribution is 0.237. The van der Waals surface area contributed by atoms with Crippen molar-refractivity contribution in [2.75, 3.05) is 0 Å². The van der Waals surface area contributed by atoms with Crippen LogP contribution in [-0.2, 0) is 0 Å². The van der Waals surface area contributed by atoms with E-state index in [9.17, 15) is 5.11 Å². The highest BCUT2D eigenvalue weighted by molar-refractivity contribution is 5.83. The highest BCUT2D eigenvalue weighted by Crippen LogP contribution is 2.22. The van der Waals surface area contributed by atoms with Gasteiger partial charge in [0.1, 0.15) is 0 Å². The molecule has 2 N–H and O–H groups in total. The Morgan fingerprint density at radius 2 is 2.23 bits per heavy atom. The maximum Gasteiger partial charge on any atom is 0.166 e. The predicted molar refractivity (Wildman–Crippen MR) is 48.9 cm³/mol. The molecular formula is C10H8N2O. The summed E-state index contributed by atoms with van der Waals surface area (Å²) in [5, 5.41) is 18.8. The molecule has 64 valence electrons. The number of nitrogens with zero attached hydrogens (tertiary/aromatic N) is 1. The van der Waals surface area contributed by atoms with Crippen molar-refractivity contribution in [2.24, 2.45) is 0 Å². The molecule has 2 rings (SSSR count). The summed E-state index contributed by atoms with van der Waals surface area (Å²) in [5.41, 5.74) is 1.59. The zero-order valence-corrected chi connectivity index (χ0v) is 6.86. The molecule has 0 aliphatic rings. The van der Waals surface area contributed by atoms with E-state index in [1.807, 2.05) is 18.2 Å². The standard InChI is InChI=1S/C10H8N2O/c11-6-10(13)8-2-1-3-9-7(8)4-5-12-9/h1-5,10,12-13H. The van der Waals surface area contributed by atoms with Crippen molar-refractivity contribution in [3.05, 3.63) is 36.0 Å². The number of aromatic nitrogens is 1. The number of benzene rings is 1. The van der Waals surface area contributed by atoms with Crippen LogP contribution < -0.4 is 0 Å². The SMILES string of the molecule is N#CC(O)c1cccc2[nH]ccc12. The van der Waals surface area contributed by atoms with E-state index in [0.29, 0.717) is 5.56 Å². The Morgan fingerprint density at radius 3 is 3.00 bits per heavy atom. The van der Waals surface area contributed by atoms with Crippen LogP contribution in [0.25, 0.3) is 10.9 Å². The molecule has 1 heterocycles. The van der Waals surface area contributed by atoms with Gasteiger partial charge in [-0.1, -0.05) is 12.1 Å². The lowest BCUT2D eigenvalue weighted by Gasteiger charge is -2.02. The molecule has 0 radical (unpaired) electrons. The Labute approximate surface area is 75.2 Å². The number of nitriles is 1. The van der Waals surface area contributed by atoms with Gasteiger partial charge in [-0.2, -0.15) is 5.26 Å². The minimum Gasteiger partial charge on any atom is -0.374 e. The first kappa shape index (κ1) is 7.84. The molecule has 1 unspecified atom stereocenters. The zero-order valence-electron chi connectivity index (χ0n) is 6.86. The van der Waals surface area contributed by atoms with Gasteiger partial charge in [-0.3, -0.25) is 0 Å². The fourth-order valence-corrected chi connectivity index (χ4v) is 1.42. The summed E-state index contributed by atoms with van der Waals surface area (Å²) in [5.74, 6) is 0. The first-order valence-electron chi connectivity index (χ1n) is 3.96. The number of aliphatic hydroxyl groups excluding tert-OH is 1. The van der Waals surface area contributed by atoms with Crippen molar-refractivity contribution in [1.29, 1.82) is 5.26 Å². The van der Waals surface area contributed by atoms with E-state index in [0.717, 1.165) is 10.9 Å². The summed E-state index contributed by atoms with van der Waals surface area (Å²) >= 11 is 0. The van der Waals surface area contributed by atoms with Crippen molar-refractivity contribution < 1.29 is 5.11 Å². The minimum atomic E-state index is -1.04. The second kappa shape index (κ2) is 2.92. The topological polar surface area (TPSA) is 59.8 Å². The number of hydrogen-bond acceptors (Lipinski definition) is 2. The highest BCUT2D eigenvalue weighted by atomic mass is 16.3. The summed E-state index contributed by atoms with van der Waals surface area (Å²) in [6.45, 7) is 0. The molecule has 0 spiro atoms. The molecule has 0 saturated carbocycles. The normalized spacial score (nSPS) is 12.6. The third-order valence-corrected chi connectivity index (χ3v) is 2.05. The molecule has 0 aliphatic heterocycles. The van der Waals surface area contributed by atoms with Gasteiger partial charge in [0.25, 0.3) is 0 Å². The summed E-state index contributed by atoms with van der Waals surface area (Å²) < 4.78 is 0. The maximum absolute atomic E-state index is 9.37. The molecule has 2 aromatic rings. The average Bonchev–Trinajstić information content (AvgIpc) is 2.63. The van der Waals surface area contributed by atoms with Crippen LogP contribution >= 0.6 is 0 Å². The van der Waals surface area contributed by atoms with E-state index in [4.69, 9.17) is 5.26 Å². The van der Waals surface area contributed by atoms with E-state index in [-0.39, 0.29) is 0 Å². The van der Waals surface area contributed by atoms with Gasteiger partial charge in [0.05, 0.1) is 6.07 Å². The first-order valence-corrected chi connectivity index (χ1v) is 3.96. The van der Waals surface area contributed by atoms with Crippen LogP contribution in [0.2, 0.25) is 0 Å². The van der Waals surface area contributed by atoms with Crippen LogP contribution in [0, 0.1) is 11.3 Å². The lowest BCUT2D eigenvalue weighted by Crippen LogP contribution is -1.93. The van der Waals surface area contributed by atoms with E-state index in [2.05, 4.69) is 4.98 Å². The Bertz CT molecular complexity index is 467. The Morgan fingerprint density at radius 1 is 1.38 bits per heavy atom. The van der Waals surface area contributed by atoms with Gasteiger partial charge in [-0.05, 0) is 12.1 Å². The Hall–Kier alpha value is -1.79. The summed E-state index contributed by atoms with van der Waals surface area (Å²) in [6.07, 6.45) is 0.748. The number of fused-ring (bicyclic) bond motifs is 1. The number of aromatic amines is 1. The van der Waals surface area contributed by atoms with Crippen LogP contribution in [0.4, 0.5) is 0 Å². The van der Waals surface area contributed by atoms with Crippen molar-refractivity contribution in [3.63, 3.8) is 0 Å². The maximum atomic E-state index is 9.37. The minimum absolute atomic E-state index is 0.654. The molecule has 1 atom stereocenters. The Kier molecular flexibility index (Phi) is 1.76. The van der Waals surface area contributed by atoms with Crippen molar-refractivity contribution >= 4 is 10.9 Å². The number of aliphatic hydroxyl groups is 1. The summed E-state index contributed by atoms with van der Waals surface area (Å²) in [4.78, 5) is 3.02. The van der Waals surface area contributed by atoms with Gasteiger partial charge in [0, 0.05) is 22.7 Å². The number of rotatable bonds is 1. The molecule has 0 bridgehead atoms. The summed E-state index contributed by atoms with van der Waals surface area (Å²) in [6, 6.07) is 9.13. The van der Waals surface area contributed by atoms with E-state index < -0.39 is 6.10 Å². The molecule has 1 aromatic heterocycles. The molecule has 3 heteroatoms. The van der Waals surface area contributed by atoms with Gasteiger partial charge in [-0.15, -0.1) is 0 Å². The van der Waals surface area contributed by atoms with Gasteiger partial charge in [-0.25, -0.2) is 0 Å². The van der Waals surface area contributed by atoms with E-state index in [1.165, 1.54) is 0 Å². The monoisotopic (exact) mass is 172 g/mol. The highest BCUT2D eigenvalue weighted by Gasteiger charge is 2.09. The van der Waals surface area contributed by atoms with Crippen molar-refractivity contribution in [1.82, 2.24) is 4.98 Å². The molecule has 13 heavy (non-hydrogen) atoms. The number of nitrogens with one attached hydrogen (secondary N) is 1. The number of hydrogen-bond donors (Lipinski definition) is 2. The second-order valence-electron chi connectivity index (χ2n) is 2.82. The van der Waals surface area contributed by atoms with Crippen molar-refractivity contribution in [2.45, 2.75) is 6.10 Å². The lowest BCUT2D eigenvalue weighted by atomic mass is 10.1. The third kappa shape index (κ3) is 1.17. The van der Waals surface area contributed by atoms with E-state index >= 15 is 0 Å². The average molecular weight is 172 g/mol. The second-order valence-corrected chi connectivity index (χ2v) is 2.82.